The molecule has 0 spiro atoms. The second kappa shape index (κ2) is 6.77. The highest BCUT2D eigenvalue weighted by molar-refractivity contribution is 7.99. The number of para-hydroxylation sites is 2. The summed E-state index contributed by atoms with van der Waals surface area (Å²) in [5.74, 6) is 0.133. The maximum atomic E-state index is 13.3. The molecule has 120 valence electrons. The van der Waals surface area contributed by atoms with E-state index in [1.165, 1.54) is 0 Å². The average molecular weight is 326 g/mol. The number of carbonyl (C=O) groups is 1. The van der Waals surface area contributed by atoms with Crippen LogP contribution in [-0.2, 0) is 4.79 Å². The number of rotatable bonds is 4. The molecule has 23 heavy (non-hydrogen) atoms. The molecule has 4 heteroatoms. The molecule has 1 aliphatic heterocycles. The Morgan fingerprint density at radius 3 is 1.96 bits per heavy atom. The lowest BCUT2D eigenvalue weighted by molar-refractivity contribution is -0.122. The van der Waals surface area contributed by atoms with Gasteiger partial charge in [0.05, 0.1) is 17.4 Å². The van der Waals surface area contributed by atoms with Gasteiger partial charge in [0.2, 0.25) is 5.91 Å². The summed E-state index contributed by atoms with van der Waals surface area (Å²) in [5, 5.41) is 0. The summed E-state index contributed by atoms with van der Waals surface area (Å²) in [6.07, 6.45) is 0. The van der Waals surface area contributed by atoms with Gasteiger partial charge in [-0.15, -0.1) is 0 Å². The smallest absolute Gasteiger partial charge is 0.248 e. The zero-order valence-electron chi connectivity index (χ0n) is 13.8. The molecule has 2 aromatic rings. The van der Waals surface area contributed by atoms with Crippen LogP contribution in [0.25, 0.3) is 0 Å². The van der Waals surface area contributed by atoms with Crippen LogP contribution in [0.2, 0.25) is 0 Å². The van der Waals surface area contributed by atoms with E-state index in [4.69, 9.17) is 0 Å². The van der Waals surface area contributed by atoms with Crippen molar-refractivity contribution in [2.24, 2.45) is 0 Å². The minimum atomic E-state index is -0.144. The first kappa shape index (κ1) is 16.1. The maximum absolute atomic E-state index is 13.3. The van der Waals surface area contributed by atoms with Crippen LogP contribution < -0.4 is 4.90 Å². The van der Waals surface area contributed by atoms with Crippen LogP contribution in [-0.4, -0.2) is 29.9 Å². The fourth-order valence-electron chi connectivity index (χ4n) is 3.06. The van der Waals surface area contributed by atoms with Crippen molar-refractivity contribution in [3.63, 3.8) is 0 Å². The van der Waals surface area contributed by atoms with Gasteiger partial charge in [0.15, 0.2) is 0 Å². The Morgan fingerprint density at radius 1 is 1.00 bits per heavy atom. The molecular weight excluding hydrogens is 304 g/mol. The summed E-state index contributed by atoms with van der Waals surface area (Å²) in [6, 6.07) is 16.1. The van der Waals surface area contributed by atoms with Crippen LogP contribution in [0.4, 0.5) is 11.4 Å². The molecule has 0 aromatic heterocycles. The lowest BCUT2D eigenvalue weighted by Gasteiger charge is -2.35. The molecule has 1 heterocycles. The zero-order chi connectivity index (χ0) is 16.4. The molecule has 0 unspecified atom stereocenters. The molecule has 1 aliphatic rings. The number of fused-ring (bicyclic) bond motifs is 2. The van der Waals surface area contributed by atoms with E-state index in [-0.39, 0.29) is 11.9 Å². The van der Waals surface area contributed by atoms with Gasteiger partial charge in [-0.2, -0.15) is 0 Å². The Bertz CT molecular complexity index is 667. The fourth-order valence-corrected chi connectivity index (χ4v) is 4.11. The fraction of sp³-hybridized carbons (Fsp3) is 0.316. The van der Waals surface area contributed by atoms with E-state index in [0.717, 1.165) is 34.3 Å². The summed E-state index contributed by atoms with van der Waals surface area (Å²) in [5.41, 5.74) is 1.97. The average Bonchev–Trinajstić information content (AvgIpc) is 2.60. The molecule has 0 N–H and O–H groups in total. The van der Waals surface area contributed by atoms with Crippen molar-refractivity contribution >= 4 is 29.0 Å². The number of benzene rings is 2. The molecule has 2 aromatic carbocycles. The van der Waals surface area contributed by atoms with Crippen molar-refractivity contribution in [3.8, 4) is 0 Å². The quantitative estimate of drug-likeness (QED) is 0.824. The molecule has 1 atom stereocenters. The third kappa shape index (κ3) is 2.89. The number of hydrogen-bond donors (Lipinski definition) is 0. The lowest BCUT2D eigenvalue weighted by atomic mass is 10.1. The highest BCUT2D eigenvalue weighted by Crippen LogP contribution is 2.48. The Morgan fingerprint density at radius 2 is 1.48 bits per heavy atom. The summed E-state index contributed by atoms with van der Waals surface area (Å²) < 4.78 is 0. The summed E-state index contributed by atoms with van der Waals surface area (Å²) in [7, 11) is 0. The molecule has 0 bridgehead atoms. The summed E-state index contributed by atoms with van der Waals surface area (Å²) in [4.78, 5) is 19.6. The number of hydrogen-bond acceptors (Lipinski definition) is 3. The third-order valence-electron chi connectivity index (χ3n) is 4.37. The Labute approximate surface area is 142 Å². The Hall–Kier alpha value is -1.78. The second-order valence-corrected chi connectivity index (χ2v) is 6.69. The van der Waals surface area contributed by atoms with Gasteiger partial charge in [0, 0.05) is 9.79 Å². The van der Waals surface area contributed by atoms with Crippen molar-refractivity contribution in [3.05, 3.63) is 48.5 Å². The predicted octanol–water partition coefficient (Wildman–Crippen LogP) is 4.55. The SMILES string of the molecule is CCN(CC)[C@@H](C)C(=O)N1c2ccccc2Sc2ccccc21. The van der Waals surface area contributed by atoms with E-state index >= 15 is 0 Å². The summed E-state index contributed by atoms with van der Waals surface area (Å²) >= 11 is 1.73. The molecule has 1 amide bonds. The third-order valence-corrected chi connectivity index (χ3v) is 5.50. The normalized spacial score (nSPS) is 14.3. The first-order valence-electron chi connectivity index (χ1n) is 8.11. The predicted molar refractivity (Wildman–Crippen MR) is 96.5 cm³/mol. The molecule has 0 aliphatic carbocycles. The van der Waals surface area contributed by atoms with Crippen molar-refractivity contribution < 1.29 is 4.79 Å². The largest absolute Gasteiger partial charge is 0.293 e. The standard InChI is InChI=1S/C19H22N2OS/c1-4-20(5-2)14(3)19(22)21-15-10-6-8-12-17(15)23-18-13-9-7-11-16(18)21/h6-14H,4-5H2,1-3H3/t14-/m0/s1. The second-order valence-electron chi connectivity index (χ2n) is 5.61. The van der Waals surface area contributed by atoms with Gasteiger partial charge >= 0.3 is 0 Å². The molecule has 0 fully saturated rings. The van der Waals surface area contributed by atoms with Crippen molar-refractivity contribution in [2.45, 2.75) is 36.6 Å². The van der Waals surface area contributed by atoms with Crippen LogP contribution >= 0.6 is 11.8 Å². The number of nitrogens with zero attached hydrogens (tertiary/aromatic N) is 2. The minimum Gasteiger partial charge on any atom is -0.293 e. The highest BCUT2D eigenvalue weighted by atomic mass is 32.2. The van der Waals surface area contributed by atoms with Gasteiger partial charge in [0.25, 0.3) is 0 Å². The van der Waals surface area contributed by atoms with Crippen LogP contribution in [0.3, 0.4) is 0 Å². The first-order chi connectivity index (χ1) is 11.2. The first-order valence-corrected chi connectivity index (χ1v) is 8.93. The van der Waals surface area contributed by atoms with Crippen molar-refractivity contribution in [1.29, 1.82) is 0 Å². The molecule has 3 rings (SSSR count). The number of amides is 1. The zero-order valence-corrected chi connectivity index (χ0v) is 14.6. The van der Waals surface area contributed by atoms with Gasteiger partial charge in [-0.25, -0.2) is 0 Å². The van der Waals surface area contributed by atoms with E-state index in [9.17, 15) is 4.79 Å². The van der Waals surface area contributed by atoms with Crippen LogP contribution in [0.5, 0.6) is 0 Å². The maximum Gasteiger partial charge on any atom is 0.248 e. The Kier molecular flexibility index (Phi) is 4.74. The van der Waals surface area contributed by atoms with Crippen LogP contribution in [0.1, 0.15) is 20.8 Å². The van der Waals surface area contributed by atoms with Gasteiger partial charge in [-0.1, -0.05) is 49.9 Å². The molecule has 0 saturated heterocycles. The van der Waals surface area contributed by atoms with E-state index in [1.807, 2.05) is 48.2 Å². The molecule has 3 nitrogen and oxygen atoms in total. The molecular formula is C19H22N2OS. The molecule has 0 radical (unpaired) electrons. The van der Waals surface area contributed by atoms with Gasteiger partial charge in [-0.05, 0) is 44.3 Å². The van der Waals surface area contributed by atoms with Gasteiger partial charge in [-0.3, -0.25) is 14.6 Å². The van der Waals surface area contributed by atoms with Crippen LogP contribution in [0, 0.1) is 0 Å². The number of likely N-dealkylation sites (N-methyl/N-ethyl adjacent to an activating group) is 1. The van der Waals surface area contributed by atoms with E-state index < -0.39 is 0 Å². The minimum absolute atomic E-state index is 0.133. The van der Waals surface area contributed by atoms with Crippen LogP contribution in [0.15, 0.2) is 58.3 Å². The van der Waals surface area contributed by atoms with Gasteiger partial charge < -0.3 is 0 Å². The highest BCUT2D eigenvalue weighted by Gasteiger charge is 2.32. The number of anilines is 2. The Balaban J connectivity index is 2.06. The van der Waals surface area contributed by atoms with Crippen molar-refractivity contribution in [2.75, 3.05) is 18.0 Å². The van der Waals surface area contributed by atoms with Crippen molar-refractivity contribution in [1.82, 2.24) is 4.90 Å². The monoisotopic (exact) mass is 326 g/mol. The lowest BCUT2D eigenvalue weighted by Crippen LogP contribution is -2.46. The van der Waals surface area contributed by atoms with E-state index in [0.29, 0.717) is 0 Å². The van der Waals surface area contributed by atoms with Gasteiger partial charge in [0.1, 0.15) is 0 Å². The number of carbonyl (C=O) groups excluding carboxylic acids is 1. The molecule has 0 saturated carbocycles. The van der Waals surface area contributed by atoms with E-state index in [2.05, 4.69) is 30.9 Å². The van der Waals surface area contributed by atoms with E-state index in [1.54, 1.807) is 11.8 Å². The topological polar surface area (TPSA) is 23.6 Å². The summed E-state index contributed by atoms with van der Waals surface area (Å²) in [6.45, 7) is 7.94.